The quantitative estimate of drug-likeness (QED) is 0.0473. The molecule has 0 aromatic rings. The zero-order chi connectivity index (χ0) is 36.7. The highest BCUT2D eigenvalue weighted by molar-refractivity contribution is 4.93. The molecule has 1 unspecified atom stereocenters. The van der Waals surface area contributed by atoms with Crippen LogP contribution in [0.2, 0.25) is 0 Å². The fraction of sp³-hybridized carbons (Fsp3) is 0.830. The molecule has 298 valence electrons. The molecule has 0 spiro atoms. The normalized spacial score (nSPS) is 15.6. The van der Waals surface area contributed by atoms with E-state index in [-0.39, 0.29) is 6.10 Å². The van der Waals surface area contributed by atoms with Crippen LogP contribution in [0, 0.1) is 0 Å². The number of rotatable bonds is 37. The van der Waals surface area contributed by atoms with Crippen LogP contribution in [0.25, 0.3) is 0 Å². The lowest BCUT2D eigenvalue weighted by molar-refractivity contribution is -0.0275. The summed E-state index contributed by atoms with van der Waals surface area (Å²) >= 11 is 0. The first-order valence-electron chi connectivity index (χ1n) is 22.3. The monoisotopic (exact) mass is 713 g/mol. The summed E-state index contributed by atoms with van der Waals surface area (Å²) in [5, 5.41) is 0. The molecule has 1 saturated heterocycles. The summed E-state index contributed by atoms with van der Waals surface area (Å²) < 4.78 is 12.7. The van der Waals surface area contributed by atoms with E-state index >= 15 is 0 Å². The molecule has 4 nitrogen and oxygen atoms in total. The molecule has 0 radical (unpaired) electrons. The van der Waals surface area contributed by atoms with Crippen LogP contribution in [0.5, 0.6) is 0 Å². The summed E-state index contributed by atoms with van der Waals surface area (Å²) in [6.45, 7) is 10.6. The van der Waals surface area contributed by atoms with Crippen LogP contribution in [-0.4, -0.2) is 75.5 Å². The van der Waals surface area contributed by atoms with Crippen molar-refractivity contribution in [2.75, 3.05) is 53.6 Å². The van der Waals surface area contributed by atoms with E-state index in [1.807, 2.05) is 0 Å². The second-order valence-electron chi connectivity index (χ2n) is 15.6. The summed E-state index contributed by atoms with van der Waals surface area (Å²) in [6.07, 6.45) is 53.6. The van der Waals surface area contributed by atoms with Gasteiger partial charge in [0.25, 0.3) is 0 Å². The summed E-state index contributed by atoms with van der Waals surface area (Å²) in [5.41, 5.74) is 0. The SMILES string of the molecule is CCCCCC=CCC=CCCCCCCCCOCC(CCN1CCC(N(C)C)CC1)OCCCCCCCCC=CCC=CCCCCC. The molecule has 0 saturated carbocycles. The van der Waals surface area contributed by atoms with Gasteiger partial charge in [-0.1, -0.05) is 140 Å². The lowest BCUT2D eigenvalue weighted by Crippen LogP contribution is -2.43. The third kappa shape index (κ3) is 33.1. The first-order valence-corrected chi connectivity index (χ1v) is 22.3. The fourth-order valence-electron chi connectivity index (χ4n) is 6.95. The number of hydrogen-bond acceptors (Lipinski definition) is 4. The highest BCUT2D eigenvalue weighted by atomic mass is 16.5. The number of piperidine rings is 1. The van der Waals surface area contributed by atoms with Gasteiger partial charge >= 0.3 is 0 Å². The summed E-state index contributed by atoms with van der Waals surface area (Å²) in [5.74, 6) is 0. The Morgan fingerprint density at radius 1 is 0.549 bits per heavy atom. The molecule has 1 rings (SSSR count). The maximum absolute atomic E-state index is 6.46. The summed E-state index contributed by atoms with van der Waals surface area (Å²) in [4.78, 5) is 5.05. The van der Waals surface area contributed by atoms with E-state index in [4.69, 9.17) is 9.47 Å². The minimum atomic E-state index is 0.235. The number of ether oxygens (including phenoxy) is 2. The third-order valence-electron chi connectivity index (χ3n) is 10.5. The van der Waals surface area contributed by atoms with Gasteiger partial charge in [-0.25, -0.2) is 0 Å². The molecule has 0 N–H and O–H groups in total. The van der Waals surface area contributed by atoms with E-state index < -0.39 is 0 Å². The van der Waals surface area contributed by atoms with Crippen LogP contribution in [0.1, 0.15) is 187 Å². The number of likely N-dealkylation sites (tertiary alicyclic amines) is 1. The Balaban J connectivity index is 2.13. The third-order valence-corrected chi connectivity index (χ3v) is 10.5. The predicted molar refractivity (Wildman–Crippen MR) is 227 cm³/mol. The first kappa shape index (κ1) is 47.8. The second-order valence-corrected chi connectivity index (χ2v) is 15.6. The molecule has 0 aromatic heterocycles. The number of unbranched alkanes of at least 4 members (excludes halogenated alkanes) is 18. The van der Waals surface area contributed by atoms with Crippen molar-refractivity contribution >= 4 is 0 Å². The van der Waals surface area contributed by atoms with Gasteiger partial charge in [-0.3, -0.25) is 0 Å². The van der Waals surface area contributed by atoms with Crippen LogP contribution in [-0.2, 0) is 9.47 Å². The number of hydrogen-bond donors (Lipinski definition) is 0. The average molecular weight is 713 g/mol. The van der Waals surface area contributed by atoms with E-state index in [9.17, 15) is 0 Å². The van der Waals surface area contributed by atoms with Crippen LogP contribution >= 0.6 is 0 Å². The predicted octanol–water partition coefficient (Wildman–Crippen LogP) is 13.4. The average Bonchev–Trinajstić information content (AvgIpc) is 3.14. The van der Waals surface area contributed by atoms with E-state index in [0.29, 0.717) is 0 Å². The van der Waals surface area contributed by atoms with Gasteiger partial charge in [-0.05, 0) is 123 Å². The van der Waals surface area contributed by atoms with Crippen molar-refractivity contribution in [3.05, 3.63) is 48.6 Å². The minimum absolute atomic E-state index is 0.235. The van der Waals surface area contributed by atoms with Crippen molar-refractivity contribution in [2.24, 2.45) is 0 Å². The lowest BCUT2D eigenvalue weighted by Gasteiger charge is -2.35. The zero-order valence-corrected chi connectivity index (χ0v) is 34.8. The van der Waals surface area contributed by atoms with Crippen LogP contribution in [0.4, 0.5) is 0 Å². The molecule has 0 aromatic carbocycles. The summed E-state index contributed by atoms with van der Waals surface area (Å²) in [7, 11) is 4.45. The molecule has 4 heteroatoms. The second kappa shape index (κ2) is 38.5. The molecule has 1 aliphatic heterocycles. The Labute approximate surface area is 320 Å². The molecular weight excluding hydrogens is 625 g/mol. The van der Waals surface area contributed by atoms with Crippen molar-refractivity contribution in [1.82, 2.24) is 9.80 Å². The van der Waals surface area contributed by atoms with Crippen molar-refractivity contribution in [3.8, 4) is 0 Å². The molecule has 51 heavy (non-hydrogen) atoms. The lowest BCUT2D eigenvalue weighted by atomic mass is 10.0. The Bertz CT molecular complexity index is 811. The molecule has 1 fully saturated rings. The number of nitrogens with zero attached hydrogens (tertiary/aromatic N) is 2. The van der Waals surface area contributed by atoms with Gasteiger partial charge in [-0.2, -0.15) is 0 Å². The Hall–Kier alpha value is -1.20. The Kier molecular flexibility index (Phi) is 36.1. The largest absolute Gasteiger partial charge is 0.379 e. The summed E-state index contributed by atoms with van der Waals surface area (Å²) in [6, 6.07) is 0.745. The van der Waals surface area contributed by atoms with Crippen LogP contribution in [0.3, 0.4) is 0 Å². The van der Waals surface area contributed by atoms with Crippen molar-refractivity contribution in [2.45, 2.75) is 199 Å². The molecule has 0 amide bonds. The highest BCUT2D eigenvalue weighted by Crippen LogP contribution is 2.16. The van der Waals surface area contributed by atoms with Gasteiger partial charge in [0.15, 0.2) is 0 Å². The molecule has 1 atom stereocenters. The smallest absolute Gasteiger partial charge is 0.0820 e. The molecule has 0 aliphatic carbocycles. The number of allylic oxidation sites excluding steroid dienone is 8. The molecule has 0 bridgehead atoms. The van der Waals surface area contributed by atoms with E-state index in [1.165, 1.54) is 167 Å². The van der Waals surface area contributed by atoms with Gasteiger partial charge in [0.05, 0.1) is 12.7 Å². The molecule has 1 heterocycles. The highest BCUT2D eigenvalue weighted by Gasteiger charge is 2.21. The van der Waals surface area contributed by atoms with Crippen molar-refractivity contribution in [1.29, 1.82) is 0 Å². The zero-order valence-electron chi connectivity index (χ0n) is 34.8. The van der Waals surface area contributed by atoms with E-state index in [1.54, 1.807) is 0 Å². The van der Waals surface area contributed by atoms with Gasteiger partial charge in [-0.15, -0.1) is 0 Å². The van der Waals surface area contributed by atoms with Gasteiger partial charge in [0, 0.05) is 25.8 Å². The van der Waals surface area contributed by atoms with E-state index in [0.717, 1.165) is 51.7 Å². The van der Waals surface area contributed by atoms with Crippen LogP contribution in [0.15, 0.2) is 48.6 Å². The maximum atomic E-state index is 6.46. The van der Waals surface area contributed by atoms with Crippen LogP contribution < -0.4 is 0 Å². The maximum Gasteiger partial charge on any atom is 0.0820 e. The van der Waals surface area contributed by atoms with Gasteiger partial charge < -0.3 is 19.3 Å². The van der Waals surface area contributed by atoms with E-state index in [2.05, 4.69) is 86.4 Å². The fourth-order valence-corrected chi connectivity index (χ4v) is 6.95. The first-order chi connectivity index (χ1) is 25.2. The van der Waals surface area contributed by atoms with Gasteiger partial charge in [0.1, 0.15) is 0 Å². The Morgan fingerprint density at radius 3 is 1.45 bits per heavy atom. The molecular formula is C47H88N2O2. The standard InChI is InChI=1S/C47H88N2O2/c1-5-7-9-11-13-15-17-19-21-23-25-27-29-31-33-35-43-50-45-47(39-42-49-40-37-46(38-41-49)48(3)4)51-44-36-34-32-30-28-26-24-22-20-18-16-14-12-10-8-6-2/h13-16,19-22,46-47H,5-12,17-18,23-45H2,1-4H3. The van der Waals surface area contributed by atoms with Crippen molar-refractivity contribution < 1.29 is 9.47 Å². The topological polar surface area (TPSA) is 24.9 Å². The van der Waals surface area contributed by atoms with Gasteiger partial charge in [0.2, 0.25) is 0 Å². The minimum Gasteiger partial charge on any atom is -0.379 e. The van der Waals surface area contributed by atoms with Crippen molar-refractivity contribution in [3.63, 3.8) is 0 Å². The molecule has 1 aliphatic rings. The Morgan fingerprint density at radius 2 is 0.980 bits per heavy atom.